The smallest absolute Gasteiger partial charge is 0.253 e. The van der Waals surface area contributed by atoms with Gasteiger partial charge in [-0.2, -0.15) is 0 Å². The topological polar surface area (TPSA) is 92.2 Å². The summed E-state index contributed by atoms with van der Waals surface area (Å²) in [6, 6.07) is 1.59. The van der Waals surface area contributed by atoms with Gasteiger partial charge in [-0.1, -0.05) is 6.92 Å². The molecule has 0 aliphatic heterocycles. The number of ketones is 1. The highest BCUT2D eigenvalue weighted by Crippen LogP contribution is 2.21. The molecule has 0 unspecified atom stereocenters. The predicted octanol–water partition coefficient (Wildman–Crippen LogP) is 2.76. The number of aromatic amines is 1. The molecule has 0 saturated heterocycles. The molecule has 7 nitrogen and oxygen atoms in total. The average Bonchev–Trinajstić information content (AvgIpc) is 3.13. The lowest BCUT2D eigenvalue weighted by atomic mass is 10.1. The molecular weight excluding hydrogens is 318 g/mol. The molecule has 3 rings (SSSR count). The second kappa shape index (κ2) is 6.51. The molecule has 0 spiro atoms. The number of H-pyrrole nitrogens is 1. The molecule has 0 aromatic carbocycles. The summed E-state index contributed by atoms with van der Waals surface area (Å²) in [5.74, 6) is 0.298. The number of carbonyl (C=O) groups is 2. The summed E-state index contributed by atoms with van der Waals surface area (Å²) >= 11 is 0. The van der Waals surface area contributed by atoms with Gasteiger partial charge in [0.15, 0.2) is 5.78 Å². The average molecular weight is 339 g/mol. The van der Waals surface area contributed by atoms with E-state index in [4.69, 9.17) is 0 Å². The Hall–Kier alpha value is -2.96. The Morgan fingerprint density at radius 1 is 1.36 bits per heavy atom. The van der Waals surface area contributed by atoms with Crippen LogP contribution >= 0.6 is 0 Å². The maximum Gasteiger partial charge on any atom is 0.253 e. The Kier molecular flexibility index (Phi) is 4.39. The highest BCUT2D eigenvalue weighted by Gasteiger charge is 2.23. The largest absolute Gasteiger partial charge is 0.355 e. The van der Waals surface area contributed by atoms with Gasteiger partial charge in [-0.05, 0) is 31.9 Å². The molecule has 0 aliphatic carbocycles. The summed E-state index contributed by atoms with van der Waals surface area (Å²) in [4.78, 5) is 36.2. The molecule has 0 radical (unpaired) electrons. The second-order valence-corrected chi connectivity index (χ2v) is 6.11. The molecule has 2 N–H and O–H groups in total. The molecule has 7 heteroatoms. The lowest BCUT2D eigenvalue weighted by Gasteiger charge is -2.15. The third kappa shape index (κ3) is 3.05. The van der Waals surface area contributed by atoms with Crippen LogP contribution < -0.4 is 5.32 Å². The standard InChI is InChI=1S/C18H21N5O2/c1-5-13(14-9-23-8-6-7-19-18(23)22-14)21-17(25)15-10(2)16(12(4)24)20-11(15)3/h6-9,13,20H,5H2,1-4H3,(H,21,25)/t13-/m1/s1. The molecule has 3 aromatic heterocycles. The van der Waals surface area contributed by atoms with Crippen molar-refractivity contribution in [3.63, 3.8) is 0 Å². The summed E-state index contributed by atoms with van der Waals surface area (Å²) in [7, 11) is 0. The molecule has 0 fully saturated rings. The van der Waals surface area contributed by atoms with Gasteiger partial charge in [-0.15, -0.1) is 0 Å². The van der Waals surface area contributed by atoms with E-state index < -0.39 is 0 Å². The monoisotopic (exact) mass is 339 g/mol. The number of nitrogens with zero attached hydrogens (tertiary/aromatic N) is 3. The first-order valence-electron chi connectivity index (χ1n) is 8.23. The maximum absolute atomic E-state index is 12.8. The Labute approximate surface area is 145 Å². The Balaban J connectivity index is 1.89. The Morgan fingerprint density at radius 2 is 2.12 bits per heavy atom. The summed E-state index contributed by atoms with van der Waals surface area (Å²) in [5, 5.41) is 3.02. The minimum absolute atomic E-state index is 0.0851. The van der Waals surface area contributed by atoms with Crippen LogP contribution in [0.5, 0.6) is 0 Å². The van der Waals surface area contributed by atoms with Gasteiger partial charge in [0.2, 0.25) is 5.78 Å². The molecule has 25 heavy (non-hydrogen) atoms. The van der Waals surface area contributed by atoms with E-state index in [-0.39, 0.29) is 17.7 Å². The van der Waals surface area contributed by atoms with Crippen LogP contribution in [0.1, 0.15) is 64.1 Å². The van der Waals surface area contributed by atoms with Gasteiger partial charge < -0.3 is 10.3 Å². The molecule has 1 atom stereocenters. The van der Waals surface area contributed by atoms with Gasteiger partial charge in [0.25, 0.3) is 5.91 Å². The molecular formula is C18H21N5O2. The normalized spacial score (nSPS) is 12.3. The lowest BCUT2D eigenvalue weighted by Crippen LogP contribution is -2.29. The number of amides is 1. The fraction of sp³-hybridized carbons (Fsp3) is 0.333. The number of hydrogen-bond acceptors (Lipinski definition) is 4. The quantitative estimate of drug-likeness (QED) is 0.699. The number of rotatable bonds is 5. The number of aromatic nitrogens is 4. The van der Waals surface area contributed by atoms with Crippen LogP contribution in [0.3, 0.4) is 0 Å². The highest BCUT2D eigenvalue weighted by molar-refractivity contribution is 6.02. The first-order chi connectivity index (χ1) is 11.9. The van der Waals surface area contributed by atoms with E-state index in [0.29, 0.717) is 34.7 Å². The maximum atomic E-state index is 12.8. The van der Waals surface area contributed by atoms with Crippen molar-refractivity contribution in [3.8, 4) is 0 Å². The highest BCUT2D eigenvalue weighted by atomic mass is 16.2. The van der Waals surface area contributed by atoms with E-state index in [0.717, 1.165) is 5.69 Å². The molecule has 3 aromatic rings. The van der Waals surface area contributed by atoms with Gasteiger partial charge in [0.05, 0.1) is 23.0 Å². The zero-order valence-corrected chi connectivity index (χ0v) is 14.8. The van der Waals surface area contributed by atoms with Gasteiger partial charge in [0.1, 0.15) is 0 Å². The van der Waals surface area contributed by atoms with E-state index >= 15 is 0 Å². The number of aryl methyl sites for hydroxylation is 1. The van der Waals surface area contributed by atoms with Crippen LogP contribution in [-0.2, 0) is 0 Å². The Morgan fingerprint density at radius 3 is 2.72 bits per heavy atom. The Bertz CT molecular complexity index is 921. The number of fused-ring (bicyclic) bond motifs is 1. The van der Waals surface area contributed by atoms with E-state index in [1.165, 1.54) is 6.92 Å². The summed E-state index contributed by atoms with van der Waals surface area (Å²) in [6.07, 6.45) is 6.11. The van der Waals surface area contributed by atoms with Crippen LogP contribution in [-0.4, -0.2) is 31.0 Å². The summed E-state index contributed by atoms with van der Waals surface area (Å²) in [6.45, 7) is 7.05. The van der Waals surface area contributed by atoms with Gasteiger partial charge in [-0.25, -0.2) is 9.97 Å². The summed E-state index contributed by atoms with van der Waals surface area (Å²) < 4.78 is 1.82. The third-order valence-corrected chi connectivity index (χ3v) is 4.34. The minimum atomic E-state index is -0.233. The van der Waals surface area contributed by atoms with Crippen molar-refractivity contribution in [3.05, 3.63) is 52.9 Å². The summed E-state index contributed by atoms with van der Waals surface area (Å²) in [5.41, 5.74) is 3.12. The second-order valence-electron chi connectivity index (χ2n) is 6.11. The number of hydrogen-bond donors (Lipinski definition) is 2. The van der Waals surface area contributed by atoms with Crippen molar-refractivity contribution in [2.75, 3.05) is 0 Å². The third-order valence-electron chi connectivity index (χ3n) is 4.34. The van der Waals surface area contributed by atoms with Gasteiger partial charge in [-0.3, -0.25) is 14.0 Å². The van der Waals surface area contributed by atoms with Crippen molar-refractivity contribution in [2.24, 2.45) is 0 Å². The predicted molar refractivity (Wildman–Crippen MR) is 93.8 cm³/mol. The molecule has 0 aliphatic rings. The fourth-order valence-electron chi connectivity index (χ4n) is 3.07. The van der Waals surface area contributed by atoms with Crippen molar-refractivity contribution in [1.82, 2.24) is 24.7 Å². The molecule has 130 valence electrons. The first kappa shape index (κ1) is 16.9. The van der Waals surface area contributed by atoms with Crippen molar-refractivity contribution < 1.29 is 9.59 Å². The van der Waals surface area contributed by atoms with Gasteiger partial charge >= 0.3 is 0 Å². The molecule has 1 amide bonds. The minimum Gasteiger partial charge on any atom is -0.355 e. The first-order valence-corrected chi connectivity index (χ1v) is 8.23. The van der Waals surface area contributed by atoms with E-state index in [1.54, 1.807) is 20.0 Å². The zero-order valence-electron chi connectivity index (χ0n) is 14.8. The molecule has 0 bridgehead atoms. The van der Waals surface area contributed by atoms with Crippen LogP contribution in [0.4, 0.5) is 0 Å². The number of carbonyl (C=O) groups excluding carboxylic acids is 2. The van der Waals surface area contributed by atoms with E-state index in [9.17, 15) is 9.59 Å². The molecule has 0 saturated carbocycles. The number of Topliss-reactive ketones (excluding diaryl/α,β-unsaturated/α-hetero) is 1. The lowest BCUT2D eigenvalue weighted by molar-refractivity contribution is 0.0933. The van der Waals surface area contributed by atoms with Crippen molar-refractivity contribution in [1.29, 1.82) is 0 Å². The van der Waals surface area contributed by atoms with E-state index in [1.807, 2.05) is 29.8 Å². The zero-order chi connectivity index (χ0) is 18.1. The number of imidazole rings is 1. The van der Waals surface area contributed by atoms with Crippen LogP contribution in [0, 0.1) is 13.8 Å². The molecule has 3 heterocycles. The fourth-order valence-corrected chi connectivity index (χ4v) is 3.07. The van der Waals surface area contributed by atoms with Crippen LogP contribution in [0.15, 0.2) is 24.7 Å². The van der Waals surface area contributed by atoms with E-state index in [2.05, 4.69) is 20.3 Å². The van der Waals surface area contributed by atoms with Gasteiger partial charge in [0, 0.05) is 31.2 Å². The van der Waals surface area contributed by atoms with Crippen molar-refractivity contribution in [2.45, 2.75) is 40.2 Å². The number of nitrogens with one attached hydrogen (secondary N) is 2. The van der Waals surface area contributed by atoms with Crippen molar-refractivity contribution >= 4 is 17.5 Å². The van der Waals surface area contributed by atoms with Crippen LogP contribution in [0.25, 0.3) is 5.78 Å². The van der Waals surface area contributed by atoms with Crippen LogP contribution in [0.2, 0.25) is 0 Å². The SMILES string of the molecule is CC[C@@H](NC(=O)c1c(C)[nH]c(C(C)=O)c1C)c1cn2cccnc2n1.